The Morgan fingerprint density at radius 3 is 2.37 bits per heavy atom. The molecule has 1 rings (SSSR count). The molecule has 0 aliphatic rings. The lowest BCUT2D eigenvalue weighted by Crippen LogP contribution is -2.27. The van der Waals surface area contributed by atoms with Crippen LogP contribution in [0.15, 0.2) is 18.2 Å². The number of benzene rings is 1. The molecule has 0 aliphatic carbocycles. The largest absolute Gasteiger partial charge is 0.417 e. The Balaban J connectivity index is 3.31. The minimum atomic E-state index is -4.69. The molecule has 0 atom stereocenters. The molecule has 0 aromatic heterocycles. The van der Waals surface area contributed by atoms with E-state index in [2.05, 4.69) is 12.2 Å². The van der Waals surface area contributed by atoms with Gasteiger partial charge in [0, 0.05) is 12.6 Å². The van der Waals surface area contributed by atoms with E-state index in [1.54, 1.807) is 0 Å². The molecular weight excluding hydrogens is 303 g/mol. The van der Waals surface area contributed by atoms with Gasteiger partial charge in [-0.1, -0.05) is 12.2 Å². The number of nitrogens with two attached hydrogens (primary N) is 1. The van der Waals surface area contributed by atoms with Crippen LogP contribution in [0.2, 0.25) is 0 Å². The number of hydrogen-bond acceptors (Lipinski definition) is 3. The molecule has 10 heteroatoms. The van der Waals surface area contributed by atoms with Crippen LogP contribution in [-0.2, 0) is 16.4 Å². The predicted octanol–water partition coefficient (Wildman–Crippen LogP) is 1.22. The van der Waals surface area contributed by atoms with Gasteiger partial charge in [-0.15, -0.1) is 0 Å². The van der Waals surface area contributed by atoms with Crippen molar-refractivity contribution >= 4 is 33.1 Å². The molecule has 106 valence electrons. The molecule has 0 radical (unpaired) electrons. The highest BCUT2D eigenvalue weighted by molar-refractivity contribution is 7.90. The molecular formula is C9H10F3N3O2S2. The van der Waals surface area contributed by atoms with Gasteiger partial charge in [0.15, 0.2) is 0 Å². The van der Waals surface area contributed by atoms with Gasteiger partial charge >= 0.3 is 6.18 Å². The van der Waals surface area contributed by atoms with Crippen molar-refractivity contribution in [3.05, 3.63) is 29.3 Å². The fourth-order valence-corrected chi connectivity index (χ4v) is 1.98. The molecule has 4 N–H and O–H groups in total. The smallest absolute Gasteiger partial charge is 0.389 e. The monoisotopic (exact) mass is 313 g/mol. The number of alkyl halides is 3. The van der Waals surface area contributed by atoms with Gasteiger partial charge in [-0.25, -0.2) is 4.72 Å². The van der Waals surface area contributed by atoms with Crippen molar-refractivity contribution in [3.8, 4) is 0 Å². The molecule has 0 heterocycles. The second-order valence-electron chi connectivity index (χ2n) is 3.43. The normalized spacial score (nSPS) is 12.2. The van der Waals surface area contributed by atoms with Crippen LogP contribution in [-0.4, -0.2) is 20.5 Å². The molecule has 0 saturated heterocycles. The summed E-state index contributed by atoms with van der Waals surface area (Å²) in [5, 5.41) is 0. The lowest BCUT2D eigenvalue weighted by atomic mass is 10.1. The van der Waals surface area contributed by atoms with Crippen LogP contribution in [0.5, 0.6) is 0 Å². The molecule has 0 fully saturated rings. The van der Waals surface area contributed by atoms with Crippen LogP contribution >= 0.6 is 12.2 Å². The van der Waals surface area contributed by atoms with E-state index in [4.69, 9.17) is 5.73 Å². The number of anilines is 1. The number of rotatable bonds is 4. The van der Waals surface area contributed by atoms with Gasteiger partial charge in [-0.2, -0.15) is 21.6 Å². The van der Waals surface area contributed by atoms with Crippen molar-refractivity contribution < 1.29 is 21.6 Å². The first kappa shape index (κ1) is 15.7. The quantitative estimate of drug-likeness (QED) is 0.730. The molecule has 1 aromatic rings. The Hall–Kier alpha value is -1.39. The van der Waals surface area contributed by atoms with Gasteiger partial charge < -0.3 is 5.73 Å². The molecule has 1 aromatic carbocycles. The first-order chi connectivity index (χ1) is 8.57. The summed E-state index contributed by atoms with van der Waals surface area (Å²) in [5.74, 6) is 0. The third-order valence-corrected chi connectivity index (χ3v) is 3.37. The molecule has 5 nitrogen and oxygen atoms in total. The number of hydrogen-bond donors (Lipinski definition) is 3. The highest BCUT2D eigenvalue weighted by Crippen LogP contribution is 2.34. The minimum absolute atomic E-state index is 0.248. The topological polar surface area (TPSA) is 84.2 Å². The summed E-state index contributed by atoms with van der Waals surface area (Å²) in [7, 11) is -2.78. The molecule has 0 saturated carbocycles. The second-order valence-corrected chi connectivity index (χ2v) is 5.49. The van der Waals surface area contributed by atoms with Crippen LogP contribution in [0.3, 0.4) is 0 Å². The van der Waals surface area contributed by atoms with E-state index in [0.717, 1.165) is 19.2 Å². The third kappa shape index (κ3) is 4.04. The minimum Gasteiger partial charge on any atom is -0.389 e. The zero-order valence-corrected chi connectivity index (χ0v) is 11.2. The highest BCUT2D eigenvalue weighted by atomic mass is 32.2. The van der Waals surface area contributed by atoms with Gasteiger partial charge in [0.05, 0.1) is 11.3 Å². The SMILES string of the molecule is CNS(=O)(=O)Nc1ccc(C(N)=S)c(C(F)(F)F)c1. The average molecular weight is 313 g/mol. The van der Waals surface area contributed by atoms with Gasteiger partial charge in [-0.3, -0.25) is 4.72 Å². The Morgan fingerprint density at radius 2 is 1.95 bits per heavy atom. The lowest BCUT2D eigenvalue weighted by molar-refractivity contribution is -0.137. The van der Waals surface area contributed by atoms with E-state index in [1.165, 1.54) is 0 Å². The summed E-state index contributed by atoms with van der Waals surface area (Å²) >= 11 is 4.52. The summed E-state index contributed by atoms with van der Waals surface area (Å²) in [4.78, 5) is -0.421. The Morgan fingerprint density at radius 1 is 1.37 bits per heavy atom. The average Bonchev–Trinajstić information content (AvgIpc) is 2.27. The van der Waals surface area contributed by atoms with Gasteiger partial charge in [0.2, 0.25) is 0 Å². The zero-order chi connectivity index (χ0) is 14.8. The number of halogens is 3. The van der Waals surface area contributed by atoms with E-state index in [9.17, 15) is 21.6 Å². The standard InChI is InChI=1S/C9H10F3N3O2S2/c1-14-19(16,17)15-5-2-3-6(8(13)18)7(4-5)9(10,11)12/h2-4,14-15H,1H3,(H2,13,18). The molecule has 19 heavy (non-hydrogen) atoms. The summed E-state index contributed by atoms with van der Waals surface area (Å²) in [6.07, 6.45) is -4.69. The predicted molar refractivity (Wildman–Crippen MR) is 68.9 cm³/mol. The summed E-state index contributed by atoms with van der Waals surface area (Å²) in [6.45, 7) is 0. The molecule has 0 aliphatic heterocycles. The van der Waals surface area contributed by atoms with Crippen LogP contribution in [0.4, 0.5) is 18.9 Å². The second kappa shape index (κ2) is 5.31. The van der Waals surface area contributed by atoms with Crippen LogP contribution in [0.1, 0.15) is 11.1 Å². The van der Waals surface area contributed by atoms with Crippen LogP contribution in [0, 0.1) is 0 Å². The van der Waals surface area contributed by atoms with Gasteiger partial charge in [0.25, 0.3) is 10.2 Å². The number of nitrogens with one attached hydrogen (secondary N) is 2. The summed E-state index contributed by atoms with van der Waals surface area (Å²) < 4.78 is 64.6. The van der Waals surface area contributed by atoms with E-state index < -0.39 is 26.9 Å². The molecule has 0 unspecified atom stereocenters. The molecule has 0 spiro atoms. The van der Waals surface area contributed by atoms with E-state index in [1.807, 2.05) is 9.44 Å². The summed E-state index contributed by atoms with van der Waals surface area (Å²) in [5.41, 5.74) is 3.48. The Kier molecular flexibility index (Phi) is 4.38. The van der Waals surface area contributed by atoms with Crippen molar-refractivity contribution in [2.45, 2.75) is 6.18 Å². The van der Waals surface area contributed by atoms with Crippen molar-refractivity contribution in [2.75, 3.05) is 11.8 Å². The van der Waals surface area contributed by atoms with Crippen molar-refractivity contribution in [1.29, 1.82) is 0 Å². The highest BCUT2D eigenvalue weighted by Gasteiger charge is 2.34. The third-order valence-electron chi connectivity index (χ3n) is 2.11. The van der Waals surface area contributed by atoms with E-state index >= 15 is 0 Å². The molecule has 0 bridgehead atoms. The zero-order valence-electron chi connectivity index (χ0n) is 9.58. The van der Waals surface area contributed by atoms with Crippen LogP contribution < -0.4 is 15.2 Å². The number of thiocarbonyl (C=S) groups is 1. The lowest BCUT2D eigenvalue weighted by Gasteiger charge is -2.14. The maximum atomic E-state index is 12.8. The van der Waals surface area contributed by atoms with Gasteiger partial charge in [-0.05, 0) is 18.2 Å². The summed E-state index contributed by atoms with van der Waals surface area (Å²) in [6, 6.07) is 2.78. The Bertz CT molecular complexity index is 599. The maximum absolute atomic E-state index is 12.8. The van der Waals surface area contributed by atoms with E-state index in [0.29, 0.717) is 6.07 Å². The fraction of sp³-hybridized carbons (Fsp3) is 0.222. The maximum Gasteiger partial charge on any atom is 0.417 e. The molecule has 0 amide bonds. The first-order valence-electron chi connectivity index (χ1n) is 4.79. The van der Waals surface area contributed by atoms with Crippen molar-refractivity contribution in [3.63, 3.8) is 0 Å². The first-order valence-corrected chi connectivity index (χ1v) is 6.68. The van der Waals surface area contributed by atoms with Gasteiger partial charge in [0.1, 0.15) is 4.99 Å². The van der Waals surface area contributed by atoms with Crippen LogP contribution in [0.25, 0.3) is 0 Å². The van der Waals surface area contributed by atoms with Crippen molar-refractivity contribution in [1.82, 2.24) is 4.72 Å². The Labute approximate surface area is 113 Å². The fourth-order valence-electron chi connectivity index (χ4n) is 1.26. The van der Waals surface area contributed by atoms with Crippen molar-refractivity contribution in [2.24, 2.45) is 5.73 Å². The van der Waals surface area contributed by atoms with E-state index in [-0.39, 0.29) is 11.3 Å².